The van der Waals surface area contributed by atoms with Gasteiger partial charge in [-0.1, -0.05) is 18.2 Å². The van der Waals surface area contributed by atoms with Crippen LogP contribution in [0.4, 0.5) is 10.5 Å². The Labute approximate surface area is 151 Å². The van der Waals surface area contributed by atoms with Crippen molar-refractivity contribution < 1.29 is 14.3 Å². The van der Waals surface area contributed by atoms with E-state index in [-0.39, 0.29) is 6.09 Å². The molecule has 0 radical (unpaired) electrons. The molecule has 0 unspecified atom stereocenters. The average molecular weight is 351 g/mol. The van der Waals surface area contributed by atoms with Crippen LogP contribution in [-0.2, 0) is 0 Å². The number of aromatic amines is 1. The first-order valence-electron chi connectivity index (χ1n) is 8.66. The third-order valence-electron chi connectivity index (χ3n) is 4.68. The van der Waals surface area contributed by atoms with E-state index in [1.165, 1.54) is 0 Å². The molecule has 3 aromatic rings. The predicted octanol–water partition coefficient (Wildman–Crippen LogP) is 3.50. The van der Waals surface area contributed by atoms with Crippen molar-refractivity contribution in [1.82, 2.24) is 9.88 Å². The van der Waals surface area contributed by atoms with E-state index in [1.807, 2.05) is 54.6 Å². The fourth-order valence-electron chi connectivity index (χ4n) is 3.20. The van der Waals surface area contributed by atoms with Crippen molar-refractivity contribution in [2.45, 2.75) is 0 Å². The number of benzene rings is 2. The van der Waals surface area contributed by atoms with Crippen LogP contribution < -0.4 is 14.4 Å². The number of anilines is 1. The summed E-state index contributed by atoms with van der Waals surface area (Å²) in [6.07, 6.45) is -0.314. The number of aromatic nitrogens is 1. The zero-order valence-electron chi connectivity index (χ0n) is 14.6. The topological polar surface area (TPSA) is 57.8 Å². The van der Waals surface area contributed by atoms with Crippen LogP contribution in [0.3, 0.4) is 0 Å². The molecule has 2 heterocycles. The number of methoxy groups -OCH3 is 1. The summed E-state index contributed by atoms with van der Waals surface area (Å²) in [5.41, 5.74) is 2.09. The summed E-state index contributed by atoms with van der Waals surface area (Å²) in [6.45, 7) is 2.80. The molecular weight excluding hydrogens is 330 g/mol. The second-order valence-corrected chi connectivity index (χ2v) is 6.26. The average Bonchev–Trinajstić information content (AvgIpc) is 3.10. The number of fused-ring (bicyclic) bond motifs is 1. The van der Waals surface area contributed by atoms with E-state index < -0.39 is 0 Å². The molecule has 0 atom stereocenters. The maximum absolute atomic E-state index is 12.4. The number of rotatable bonds is 3. The van der Waals surface area contributed by atoms with Crippen molar-refractivity contribution in [3.8, 4) is 11.6 Å². The Morgan fingerprint density at radius 2 is 1.73 bits per heavy atom. The van der Waals surface area contributed by atoms with E-state index in [1.54, 1.807) is 12.0 Å². The van der Waals surface area contributed by atoms with E-state index in [0.29, 0.717) is 19.0 Å². The van der Waals surface area contributed by atoms with E-state index in [9.17, 15) is 4.79 Å². The number of para-hydroxylation sites is 1. The Morgan fingerprint density at radius 3 is 2.42 bits per heavy atom. The molecule has 1 aromatic heterocycles. The van der Waals surface area contributed by atoms with Crippen molar-refractivity contribution in [2.24, 2.45) is 0 Å². The minimum atomic E-state index is -0.314. The monoisotopic (exact) mass is 351 g/mol. The molecular formula is C20H21N3O3. The number of carbonyl (C=O) groups is 1. The molecule has 134 valence electrons. The number of ether oxygens (including phenoxy) is 2. The molecule has 0 bridgehead atoms. The van der Waals surface area contributed by atoms with Crippen LogP contribution in [0.1, 0.15) is 0 Å². The number of amides is 1. The summed E-state index contributed by atoms with van der Waals surface area (Å²) in [5.74, 6) is 1.32. The highest BCUT2D eigenvalue weighted by Crippen LogP contribution is 2.22. The minimum absolute atomic E-state index is 0.314. The first-order chi connectivity index (χ1) is 12.7. The highest BCUT2D eigenvalue weighted by atomic mass is 16.6. The molecule has 1 fully saturated rings. The van der Waals surface area contributed by atoms with Gasteiger partial charge in [-0.25, -0.2) is 4.79 Å². The lowest BCUT2D eigenvalue weighted by Gasteiger charge is -2.35. The summed E-state index contributed by atoms with van der Waals surface area (Å²) in [5, 5.41) is 1.03. The van der Waals surface area contributed by atoms with Crippen LogP contribution in [0.15, 0.2) is 54.6 Å². The van der Waals surface area contributed by atoms with Gasteiger partial charge in [-0.3, -0.25) is 0 Å². The standard InChI is InChI=1S/C20H21N3O3/c1-25-17-8-6-16(7-9-17)22-10-12-23(13-11-22)20(24)26-19-14-15-4-2-3-5-18(15)21-19/h2-9,14,21H,10-13H2,1H3. The lowest BCUT2D eigenvalue weighted by atomic mass is 10.2. The number of nitrogens with one attached hydrogen (secondary N) is 1. The Kier molecular flexibility index (Phi) is 4.39. The van der Waals surface area contributed by atoms with Gasteiger partial charge in [-0.15, -0.1) is 0 Å². The summed E-state index contributed by atoms with van der Waals surface area (Å²) in [6, 6.07) is 17.7. The highest BCUT2D eigenvalue weighted by molar-refractivity contribution is 5.82. The van der Waals surface area contributed by atoms with Gasteiger partial charge in [0.15, 0.2) is 0 Å². The van der Waals surface area contributed by atoms with E-state index in [4.69, 9.17) is 9.47 Å². The first-order valence-corrected chi connectivity index (χ1v) is 8.66. The summed E-state index contributed by atoms with van der Waals surface area (Å²) in [4.78, 5) is 19.5. The molecule has 26 heavy (non-hydrogen) atoms. The summed E-state index contributed by atoms with van der Waals surface area (Å²) < 4.78 is 10.7. The van der Waals surface area contributed by atoms with Gasteiger partial charge in [0.05, 0.1) is 7.11 Å². The molecule has 1 aliphatic heterocycles. The van der Waals surface area contributed by atoms with Crippen LogP contribution in [0.5, 0.6) is 11.6 Å². The lowest BCUT2D eigenvalue weighted by Crippen LogP contribution is -2.49. The first kappa shape index (κ1) is 16.3. The van der Waals surface area contributed by atoms with Gasteiger partial charge in [0, 0.05) is 48.8 Å². The SMILES string of the molecule is COc1ccc(N2CCN(C(=O)Oc3cc4ccccc4[nH]3)CC2)cc1. The molecule has 1 amide bonds. The molecule has 6 nitrogen and oxygen atoms in total. The van der Waals surface area contributed by atoms with Gasteiger partial charge < -0.3 is 24.3 Å². The van der Waals surface area contributed by atoms with Crippen molar-refractivity contribution in [2.75, 3.05) is 38.2 Å². The fraction of sp³-hybridized carbons (Fsp3) is 0.250. The number of piperazine rings is 1. The molecule has 4 rings (SSSR count). The Bertz CT molecular complexity index is 863. The molecule has 2 aromatic carbocycles. The molecule has 0 saturated carbocycles. The Morgan fingerprint density at radius 1 is 1.00 bits per heavy atom. The van der Waals surface area contributed by atoms with Gasteiger partial charge in [-0.05, 0) is 30.3 Å². The normalized spacial score (nSPS) is 14.5. The van der Waals surface area contributed by atoms with Crippen molar-refractivity contribution in [3.05, 3.63) is 54.6 Å². The van der Waals surface area contributed by atoms with Crippen molar-refractivity contribution >= 4 is 22.7 Å². The van der Waals surface area contributed by atoms with Gasteiger partial charge in [0.2, 0.25) is 5.88 Å². The molecule has 0 spiro atoms. The van der Waals surface area contributed by atoms with Gasteiger partial charge in [-0.2, -0.15) is 0 Å². The molecule has 1 N–H and O–H groups in total. The van der Waals surface area contributed by atoms with E-state index >= 15 is 0 Å². The van der Waals surface area contributed by atoms with Crippen LogP contribution in [0.2, 0.25) is 0 Å². The van der Waals surface area contributed by atoms with Crippen LogP contribution in [-0.4, -0.2) is 49.3 Å². The number of hydrogen-bond acceptors (Lipinski definition) is 4. The smallest absolute Gasteiger partial charge is 0.416 e. The number of nitrogens with zero attached hydrogens (tertiary/aromatic N) is 2. The lowest BCUT2D eigenvalue weighted by molar-refractivity contribution is 0.148. The molecule has 6 heteroatoms. The number of H-pyrrole nitrogens is 1. The summed E-state index contributed by atoms with van der Waals surface area (Å²) >= 11 is 0. The Hall–Kier alpha value is -3.15. The quantitative estimate of drug-likeness (QED) is 0.785. The second-order valence-electron chi connectivity index (χ2n) is 6.26. The van der Waals surface area contributed by atoms with Gasteiger partial charge >= 0.3 is 6.09 Å². The largest absolute Gasteiger partial charge is 0.497 e. The third kappa shape index (κ3) is 3.31. The van der Waals surface area contributed by atoms with Gasteiger partial charge in [0.1, 0.15) is 5.75 Å². The molecule has 0 aliphatic carbocycles. The minimum Gasteiger partial charge on any atom is -0.497 e. The Balaban J connectivity index is 1.35. The van der Waals surface area contributed by atoms with Crippen molar-refractivity contribution in [1.29, 1.82) is 0 Å². The molecule has 1 aliphatic rings. The summed E-state index contributed by atoms with van der Waals surface area (Å²) in [7, 11) is 1.66. The number of hydrogen-bond donors (Lipinski definition) is 1. The van der Waals surface area contributed by atoms with E-state index in [0.717, 1.165) is 35.4 Å². The fourth-order valence-corrected chi connectivity index (χ4v) is 3.20. The maximum Gasteiger partial charge on any atom is 0.416 e. The second kappa shape index (κ2) is 7.00. The van der Waals surface area contributed by atoms with E-state index in [2.05, 4.69) is 9.88 Å². The van der Waals surface area contributed by atoms with Crippen molar-refractivity contribution in [3.63, 3.8) is 0 Å². The van der Waals surface area contributed by atoms with Gasteiger partial charge in [0.25, 0.3) is 0 Å². The van der Waals surface area contributed by atoms with Crippen LogP contribution >= 0.6 is 0 Å². The molecule has 1 saturated heterocycles. The number of carbonyl (C=O) groups excluding carboxylic acids is 1. The zero-order valence-corrected chi connectivity index (χ0v) is 14.6. The van der Waals surface area contributed by atoms with Crippen LogP contribution in [0.25, 0.3) is 10.9 Å². The predicted molar refractivity (Wildman–Crippen MR) is 101 cm³/mol. The highest BCUT2D eigenvalue weighted by Gasteiger charge is 2.23. The zero-order chi connectivity index (χ0) is 17.9. The van der Waals surface area contributed by atoms with Crippen LogP contribution in [0, 0.1) is 0 Å². The third-order valence-corrected chi connectivity index (χ3v) is 4.68. The maximum atomic E-state index is 12.4.